The van der Waals surface area contributed by atoms with Gasteiger partial charge in [0.1, 0.15) is 5.52 Å². The van der Waals surface area contributed by atoms with Crippen LogP contribution in [0.1, 0.15) is 0 Å². The number of benzene rings is 2. The van der Waals surface area contributed by atoms with Gasteiger partial charge in [0, 0.05) is 16.8 Å². The van der Waals surface area contributed by atoms with Crippen molar-refractivity contribution < 1.29 is 23.8 Å². The first kappa shape index (κ1) is 19.4. The molecule has 0 aliphatic carbocycles. The van der Waals surface area contributed by atoms with E-state index in [1.165, 1.54) is 4.90 Å². The van der Waals surface area contributed by atoms with Gasteiger partial charge in [-0.2, -0.15) is 0 Å². The molecule has 9 nitrogen and oxygen atoms in total. The van der Waals surface area contributed by atoms with Crippen molar-refractivity contribution in [2.45, 2.75) is 6.54 Å². The van der Waals surface area contributed by atoms with E-state index in [9.17, 15) is 4.79 Å². The third kappa shape index (κ3) is 3.00. The molecule has 5 rings (SSSR count). The maximum Gasteiger partial charge on any atom is 0.259 e. The normalized spacial score (nSPS) is 12.9. The van der Waals surface area contributed by atoms with Crippen LogP contribution in [0.25, 0.3) is 32.7 Å². The fourth-order valence-electron chi connectivity index (χ4n) is 3.98. The van der Waals surface area contributed by atoms with Crippen LogP contribution in [0.15, 0.2) is 29.1 Å². The van der Waals surface area contributed by atoms with Crippen molar-refractivity contribution in [3.8, 4) is 23.0 Å². The average Bonchev–Trinajstić information content (AvgIpc) is 3.23. The van der Waals surface area contributed by atoms with Crippen LogP contribution in [-0.4, -0.2) is 56.4 Å². The summed E-state index contributed by atoms with van der Waals surface area (Å²) < 4.78 is 23.7. The SMILES string of the molecule is COc1cc2c(=O)n(CC[NH+](C)C)c3c4cc5c(cc4nnc3c2cc1OC)OCO5. The summed E-state index contributed by atoms with van der Waals surface area (Å²) in [6.07, 6.45) is 0. The fourth-order valence-corrected chi connectivity index (χ4v) is 3.98. The van der Waals surface area contributed by atoms with Crippen molar-refractivity contribution >= 4 is 32.7 Å². The highest BCUT2D eigenvalue weighted by atomic mass is 16.7. The van der Waals surface area contributed by atoms with Crippen molar-refractivity contribution in [2.75, 3.05) is 41.7 Å². The summed E-state index contributed by atoms with van der Waals surface area (Å²) in [6.45, 7) is 1.45. The number of nitrogens with one attached hydrogen (secondary N) is 1. The Kier molecular flexibility index (Phi) is 4.55. The molecule has 160 valence electrons. The number of hydrogen-bond acceptors (Lipinski definition) is 7. The molecule has 0 radical (unpaired) electrons. The van der Waals surface area contributed by atoms with Gasteiger partial charge in [-0.3, -0.25) is 9.36 Å². The molecule has 0 unspecified atom stereocenters. The van der Waals surface area contributed by atoms with Gasteiger partial charge in [-0.15, -0.1) is 10.2 Å². The van der Waals surface area contributed by atoms with Crippen LogP contribution in [0.4, 0.5) is 0 Å². The first-order valence-corrected chi connectivity index (χ1v) is 9.99. The molecule has 0 saturated heterocycles. The van der Waals surface area contributed by atoms with E-state index in [2.05, 4.69) is 24.3 Å². The first-order valence-electron chi connectivity index (χ1n) is 9.99. The van der Waals surface area contributed by atoms with E-state index in [4.69, 9.17) is 18.9 Å². The highest BCUT2D eigenvalue weighted by Gasteiger charge is 2.22. The van der Waals surface area contributed by atoms with E-state index >= 15 is 0 Å². The third-order valence-corrected chi connectivity index (χ3v) is 5.59. The topological polar surface area (TPSA) is 89.1 Å². The quantitative estimate of drug-likeness (QED) is 0.479. The average molecular weight is 423 g/mol. The van der Waals surface area contributed by atoms with Crippen molar-refractivity contribution in [1.29, 1.82) is 0 Å². The van der Waals surface area contributed by atoms with Crippen LogP contribution in [0, 0.1) is 0 Å². The number of ether oxygens (including phenoxy) is 4. The van der Waals surface area contributed by atoms with Crippen molar-refractivity contribution in [2.24, 2.45) is 0 Å². The Hall–Kier alpha value is -3.59. The zero-order valence-corrected chi connectivity index (χ0v) is 17.8. The summed E-state index contributed by atoms with van der Waals surface area (Å²) in [4.78, 5) is 14.9. The summed E-state index contributed by atoms with van der Waals surface area (Å²) in [7, 11) is 7.22. The van der Waals surface area contributed by atoms with Gasteiger partial charge in [-0.25, -0.2) is 0 Å². The molecule has 2 aromatic carbocycles. The van der Waals surface area contributed by atoms with Crippen molar-refractivity contribution in [3.63, 3.8) is 0 Å². The number of hydrogen-bond donors (Lipinski definition) is 1. The predicted octanol–water partition coefficient (Wildman–Crippen LogP) is 0.988. The number of pyridine rings is 1. The van der Waals surface area contributed by atoms with Crippen molar-refractivity contribution in [3.05, 3.63) is 34.6 Å². The fraction of sp³-hybridized carbons (Fsp3) is 0.318. The monoisotopic (exact) mass is 423 g/mol. The number of fused-ring (bicyclic) bond motifs is 6. The Morgan fingerprint density at radius 3 is 2.32 bits per heavy atom. The second kappa shape index (κ2) is 7.28. The molecular weight excluding hydrogens is 400 g/mol. The molecule has 9 heteroatoms. The lowest BCUT2D eigenvalue weighted by Crippen LogP contribution is -3.06. The van der Waals surface area contributed by atoms with Crippen LogP contribution in [0.5, 0.6) is 23.0 Å². The molecule has 0 spiro atoms. The lowest BCUT2D eigenvalue weighted by atomic mass is 10.1. The van der Waals surface area contributed by atoms with E-state index < -0.39 is 0 Å². The van der Waals surface area contributed by atoms with E-state index in [0.29, 0.717) is 56.9 Å². The molecule has 1 N–H and O–H groups in total. The molecule has 4 aromatic rings. The predicted molar refractivity (Wildman–Crippen MR) is 116 cm³/mol. The van der Waals surface area contributed by atoms with Gasteiger partial charge >= 0.3 is 0 Å². The third-order valence-electron chi connectivity index (χ3n) is 5.59. The van der Waals surface area contributed by atoms with Gasteiger partial charge in [0.15, 0.2) is 23.0 Å². The maximum atomic E-state index is 13.7. The molecule has 0 atom stereocenters. The smallest absolute Gasteiger partial charge is 0.259 e. The Balaban J connectivity index is 1.94. The summed E-state index contributed by atoms with van der Waals surface area (Å²) >= 11 is 0. The summed E-state index contributed by atoms with van der Waals surface area (Å²) in [5.41, 5.74) is 1.86. The molecule has 0 saturated carbocycles. The number of likely N-dealkylation sites (N-methyl/N-ethyl adjacent to an activating group) is 1. The molecule has 2 aromatic heterocycles. The van der Waals surface area contributed by atoms with Gasteiger partial charge < -0.3 is 23.8 Å². The molecular formula is C22H23N4O5+. The zero-order valence-electron chi connectivity index (χ0n) is 17.8. The van der Waals surface area contributed by atoms with Gasteiger partial charge in [-0.1, -0.05) is 0 Å². The number of quaternary nitrogens is 1. The minimum Gasteiger partial charge on any atom is -0.493 e. The lowest BCUT2D eigenvalue weighted by molar-refractivity contribution is -0.858. The number of methoxy groups -OCH3 is 2. The highest BCUT2D eigenvalue weighted by molar-refractivity contribution is 6.13. The zero-order chi connectivity index (χ0) is 21.7. The second-order valence-electron chi connectivity index (χ2n) is 7.79. The van der Waals surface area contributed by atoms with Gasteiger partial charge in [0.2, 0.25) is 6.79 Å². The van der Waals surface area contributed by atoms with Gasteiger partial charge in [0.25, 0.3) is 5.56 Å². The van der Waals surface area contributed by atoms with E-state index in [-0.39, 0.29) is 12.4 Å². The summed E-state index contributed by atoms with van der Waals surface area (Å²) in [5, 5.41) is 10.9. The minimum absolute atomic E-state index is 0.114. The van der Waals surface area contributed by atoms with Gasteiger partial charge in [-0.05, 0) is 18.2 Å². The number of nitrogens with zero attached hydrogens (tertiary/aromatic N) is 3. The van der Waals surface area contributed by atoms with E-state index in [0.717, 1.165) is 11.9 Å². The van der Waals surface area contributed by atoms with Crippen LogP contribution in [0.3, 0.4) is 0 Å². The number of rotatable bonds is 5. The Morgan fingerprint density at radius 1 is 0.968 bits per heavy atom. The summed E-state index contributed by atoms with van der Waals surface area (Å²) in [5.74, 6) is 2.28. The van der Waals surface area contributed by atoms with E-state index in [1.54, 1.807) is 37.0 Å². The largest absolute Gasteiger partial charge is 0.493 e. The Bertz CT molecular complexity index is 1400. The van der Waals surface area contributed by atoms with Crippen LogP contribution in [0.2, 0.25) is 0 Å². The second-order valence-corrected chi connectivity index (χ2v) is 7.79. The maximum absolute atomic E-state index is 13.7. The standard InChI is InChI=1S/C22H22N4O5/c1-25(2)5-6-26-21-14-9-18-19(31-11-30-18)10-15(14)23-24-20(21)12-7-16(28-3)17(29-4)8-13(12)22(26)27/h7-10H,5-6,11H2,1-4H3/p+1. The van der Waals surface area contributed by atoms with Crippen LogP contribution >= 0.6 is 0 Å². The van der Waals surface area contributed by atoms with E-state index in [1.807, 2.05) is 6.07 Å². The molecule has 0 bridgehead atoms. The van der Waals surface area contributed by atoms with Crippen LogP contribution < -0.4 is 29.4 Å². The lowest BCUT2D eigenvalue weighted by Gasteiger charge is -2.16. The Morgan fingerprint density at radius 2 is 1.65 bits per heavy atom. The molecule has 3 heterocycles. The Labute approximate surface area is 177 Å². The molecule has 31 heavy (non-hydrogen) atoms. The molecule has 1 aliphatic heterocycles. The first-order chi connectivity index (χ1) is 15.0. The van der Waals surface area contributed by atoms with Gasteiger partial charge in [0.05, 0.1) is 57.8 Å². The minimum atomic E-state index is -0.114. The van der Waals surface area contributed by atoms with Crippen molar-refractivity contribution in [1.82, 2.24) is 14.8 Å². The molecule has 0 amide bonds. The van der Waals surface area contributed by atoms with Crippen LogP contribution in [-0.2, 0) is 6.54 Å². The number of aromatic nitrogens is 3. The molecule has 1 aliphatic rings. The molecule has 0 fully saturated rings. The highest BCUT2D eigenvalue weighted by Crippen LogP contribution is 2.39. The summed E-state index contributed by atoms with van der Waals surface area (Å²) in [6, 6.07) is 7.17.